The molecular formula is C17H18BrNO. The minimum absolute atomic E-state index is 0.663. The average Bonchev–Trinajstić information content (AvgIpc) is 2.48. The number of nitrogens with zero attached hydrogens (tertiary/aromatic N) is 1. The van der Waals surface area contributed by atoms with Gasteiger partial charge in [0.1, 0.15) is 5.75 Å². The summed E-state index contributed by atoms with van der Waals surface area (Å²) in [5, 5.41) is 0. The van der Waals surface area contributed by atoms with E-state index in [1.165, 1.54) is 5.56 Å². The molecule has 0 spiro atoms. The van der Waals surface area contributed by atoms with E-state index < -0.39 is 0 Å². The van der Waals surface area contributed by atoms with Gasteiger partial charge < -0.3 is 4.74 Å². The molecule has 0 saturated carbocycles. The molecule has 0 unspecified atom stereocenters. The molecule has 0 saturated heterocycles. The van der Waals surface area contributed by atoms with Crippen LogP contribution in [-0.4, -0.2) is 12.8 Å². The van der Waals surface area contributed by atoms with Gasteiger partial charge in [-0.25, -0.2) is 0 Å². The number of benzene rings is 2. The molecule has 2 aromatic carbocycles. The summed E-state index contributed by atoms with van der Waals surface area (Å²) in [6.07, 6.45) is 2.91. The van der Waals surface area contributed by atoms with Crippen LogP contribution in [0.15, 0.2) is 51.9 Å². The van der Waals surface area contributed by atoms with Crippen molar-refractivity contribution in [2.75, 3.05) is 6.61 Å². The van der Waals surface area contributed by atoms with Crippen LogP contribution in [0, 0.1) is 0 Å². The van der Waals surface area contributed by atoms with E-state index in [1.807, 2.05) is 43.5 Å². The van der Waals surface area contributed by atoms with Crippen LogP contribution in [0.5, 0.6) is 5.75 Å². The zero-order valence-corrected chi connectivity index (χ0v) is 13.4. The van der Waals surface area contributed by atoms with Crippen LogP contribution in [0.2, 0.25) is 0 Å². The molecule has 0 atom stereocenters. The predicted octanol–water partition coefficient (Wildman–Crippen LogP) is 5.16. The second-order valence-corrected chi connectivity index (χ2v) is 5.26. The molecule has 0 bridgehead atoms. The van der Waals surface area contributed by atoms with Crippen LogP contribution in [0.4, 0.5) is 5.69 Å². The Kier molecular flexibility index (Phi) is 5.36. The lowest BCUT2D eigenvalue weighted by Crippen LogP contribution is -1.93. The van der Waals surface area contributed by atoms with Gasteiger partial charge in [0.25, 0.3) is 0 Å². The van der Waals surface area contributed by atoms with Gasteiger partial charge in [-0.1, -0.05) is 19.1 Å². The first kappa shape index (κ1) is 14.8. The van der Waals surface area contributed by atoms with Crippen LogP contribution in [0.1, 0.15) is 25.0 Å². The van der Waals surface area contributed by atoms with E-state index in [9.17, 15) is 0 Å². The van der Waals surface area contributed by atoms with Gasteiger partial charge in [-0.3, -0.25) is 4.99 Å². The molecule has 0 fully saturated rings. The van der Waals surface area contributed by atoms with Crippen molar-refractivity contribution in [3.05, 3.63) is 58.1 Å². The molecule has 2 rings (SSSR count). The van der Waals surface area contributed by atoms with Crippen molar-refractivity contribution in [2.45, 2.75) is 20.3 Å². The SMILES string of the molecule is CCOc1ccc(C=Nc2ccc(CC)cc2)cc1Br. The third-order valence-electron chi connectivity index (χ3n) is 2.96. The number of aryl methyl sites for hydroxylation is 1. The topological polar surface area (TPSA) is 21.6 Å². The molecule has 0 N–H and O–H groups in total. The van der Waals surface area contributed by atoms with Crippen LogP contribution in [0.3, 0.4) is 0 Å². The van der Waals surface area contributed by atoms with Gasteiger partial charge in [-0.2, -0.15) is 0 Å². The normalized spacial score (nSPS) is 10.9. The minimum atomic E-state index is 0.663. The Bertz CT molecular complexity index is 590. The zero-order chi connectivity index (χ0) is 14.4. The van der Waals surface area contributed by atoms with Crippen LogP contribution >= 0.6 is 15.9 Å². The lowest BCUT2D eigenvalue weighted by Gasteiger charge is -2.05. The molecule has 0 aliphatic rings. The molecule has 0 heterocycles. The van der Waals surface area contributed by atoms with Crippen molar-refractivity contribution in [2.24, 2.45) is 4.99 Å². The second kappa shape index (κ2) is 7.25. The molecule has 0 aliphatic heterocycles. The highest BCUT2D eigenvalue weighted by atomic mass is 79.9. The van der Waals surface area contributed by atoms with Crippen molar-refractivity contribution < 1.29 is 4.74 Å². The summed E-state index contributed by atoms with van der Waals surface area (Å²) < 4.78 is 6.44. The fraction of sp³-hybridized carbons (Fsp3) is 0.235. The van der Waals surface area contributed by atoms with E-state index in [1.54, 1.807) is 0 Å². The molecule has 2 nitrogen and oxygen atoms in total. The number of ether oxygens (including phenoxy) is 1. The highest BCUT2D eigenvalue weighted by molar-refractivity contribution is 9.10. The Labute approximate surface area is 128 Å². The van der Waals surface area contributed by atoms with E-state index >= 15 is 0 Å². The van der Waals surface area contributed by atoms with E-state index in [0.717, 1.165) is 27.9 Å². The highest BCUT2D eigenvalue weighted by Crippen LogP contribution is 2.25. The fourth-order valence-corrected chi connectivity index (χ4v) is 2.35. The molecule has 0 aromatic heterocycles. The Morgan fingerprint density at radius 1 is 1.10 bits per heavy atom. The Morgan fingerprint density at radius 2 is 1.85 bits per heavy atom. The fourth-order valence-electron chi connectivity index (χ4n) is 1.84. The lowest BCUT2D eigenvalue weighted by atomic mass is 10.1. The van der Waals surface area contributed by atoms with Gasteiger partial charge in [0.15, 0.2) is 0 Å². The standard InChI is InChI=1S/C17H18BrNO/c1-3-13-5-8-15(9-6-13)19-12-14-7-10-17(20-4-2)16(18)11-14/h5-12H,3-4H2,1-2H3. The van der Waals surface area contributed by atoms with Crippen LogP contribution < -0.4 is 4.74 Å². The molecule has 0 aliphatic carbocycles. The first-order chi connectivity index (χ1) is 9.72. The minimum Gasteiger partial charge on any atom is -0.493 e. The smallest absolute Gasteiger partial charge is 0.133 e. The van der Waals surface area contributed by atoms with Gasteiger partial charge in [-0.05, 0) is 70.7 Å². The summed E-state index contributed by atoms with van der Waals surface area (Å²) in [5.74, 6) is 0.858. The quantitative estimate of drug-likeness (QED) is 0.693. The van der Waals surface area contributed by atoms with Gasteiger partial charge in [0, 0.05) is 6.21 Å². The monoisotopic (exact) mass is 331 g/mol. The Balaban J connectivity index is 2.12. The van der Waals surface area contributed by atoms with E-state index in [2.05, 4.69) is 40.0 Å². The molecular weight excluding hydrogens is 314 g/mol. The molecule has 0 radical (unpaired) electrons. The summed E-state index contributed by atoms with van der Waals surface area (Å²) in [4.78, 5) is 4.48. The summed E-state index contributed by atoms with van der Waals surface area (Å²) in [6, 6.07) is 14.3. The average molecular weight is 332 g/mol. The van der Waals surface area contributed by atoms with Gasteiger partial charge >= 0.3 is 0 Å². The number of rotatable bonds is 5. The predicted molar refractivity (Wildman–Crippen MR) is 88.4 cm³/mol. The van der Waals surface area contributed by atoms with Crippen molar-refractivity contribution in [1.82, 2.24) is 0 Å². The second-order valence-electron chi connectivity index (χ2n) is 4.40. The van der Waals surface area contributed by atoms with Crippen molar-refractivity contribution in [3.8, 4) is 5.75 Å². The zero-order valence-electron chi connectivity index (χ0n) is 11.8. The van der Waals surface area contributed by atoms with E-state index in [-0.39, 0.29) is 0 Å². The summed E-state index contributed by atoms with van der Waals surface area (Å²) in [5.41, 5.74) is 3.33. The van der Waals surface area contributed by atoms with Gasteiger partial charge in [0.2, 0.25) is 0 Å². The number of halogens is 1. The van der Waals surface area contributed by atoms with E-state index in [4.69, 9.17) is 4.74 Å². The molecule has 104 valence electrons. The van der Waals surface area contributed by atoms with Crippen LogP contribution in [-0.2, 0) is 6.42 Å². The molecule has 20 heavy (non-hydrogen) atoms. The maximum atomic E-state index is 5.49. The van der Waals surface area contributed by atoms with Crippen molar-refractivity contribution in [3.63, 3.8) is 0 Å². The largest absolute Gasteiger partial charge is 0.493 e. The third kappa shape index (κ3) is 3.94. The van der Waals surface area contributed by atoms with Gasteiger partial charge in [0.05, 0.1) is 16.8 Å². The maximum Gasteiger partial charge on any atom is 0.133 e. The van der Waals surface area contributed by atoms with Gasteiger partial charge in [-0.15, -0.1) is 0 Å². The number of hydrogen-bond donors (Lipinski definition) is 0. The third-order valence-corrected chi connectivity index (χ3v) is 3.58. The number of hydrogen-bond acceptors (Lipinski definition) is 2. The first-order valence-corrected chi connectivity index (χ1v) is 7.57. The molecule has 0 amide bonds. The highest BCUT2D eigenvalue weighted by Gasteiger charge is 2.00. The van der Waals surface area contributed by atoms with Crippen molar-refractivity contribution in [1.29, 1.82) is 0 Å². The Morgan fingerprint density at radius 3 is 2.45 bits per heavy atom. The van der Waals surface area contributed by atoms with Crippen molar-refractivity contribution >= 4 is 27.8 Å². The van der Waals surface area contributed by atoms with E-state index in [0.29, 0.717) is 6.61 Å². The summed E-state index contributed by atoms with van der Waals surface area (Å²) >= 11 is 3.51. The summed E-state index contributed by atoms with van der Waals surface area (Å²) in [7, 11) is 0. The Hall–Kier alpha value is -1.61. The van der Waals surface area contributed by atoms with Crippen LogP contribution in [0.25, 0.3) is 0 Å². The maximum absolute atomic E-state index is 5.49. The molecule has 2 aromatic rings. The first-order valence-electron chi connectivity index (χ1n) is 6.78. The molecule has 3 heteroatoms. The summed E-state index contributed by atoms with van der Waals surface area (Å²) in [6.45, 7) is 4.79. The lowest BCUT2D eigenvalue weighted by molar-refractivity contribution is 0.338. The number of aliphatic imine (C=N–C) groups is 1.